The molecule has 0 saturated heterocycles. The van der Waals surface area contributed by atoms with Crippen molar-refractivity contribution in [3.05, 3.63) is 24.4 Å². The minimum Gasteiger partial charge on any atom is -0.418 e. The molecular weight excluding hydrogens is 156 g/mol. The van der Waals surface area contributed by atoms with Crippen LogP contribution in [0.15, 0.2) is 22.9 Å². The summed E-state index contributed by atoms with van der Waals surface area (Å²) in [7, 11) is 0. The first-order chi connectivity index (χ1) is 5.86. The zero-order chi connectivity index (χ0) is 8.39. The predicted molar refractivity (Wildman–Crippen MR) is 40.1 cm³/mol. The van der Waals surface area contributed by atoms with Gasteiger partial charge < -0.3 is 4.42 Å². The molecule has 0 aliphatic heterocycles. The Balaban J connectivity index is 2.45. The second-order valence-electron chi connectivity index (χ2n) is 2.20. The third-order valence-corrected chi connectivity index (χ3v) is 1.28. The van der Waals surface area contributed by atoms with Gasteiger partial charge in [0.15, 0.2) is 0 Å². The smallest absolute Gasteiger partial charge is 0.285 e. The van der Waals surface area contributed by atoms with E-state index in [1.165, 1.54) is 0 Å². The van der Waals surface area contributed by atoms with Gasteiger partial charge in [-0.15, -0.1) is 10.2 Å². The van der Waals surface area contributed by atoms with Gasteiger partial charge in [0.1, 0.15) is 0 Å². The van der Waals surface area contributed by atoms with Gasteiger partial charge in [-0.2, -0.15) is 0 Å². The molecule has 0 unspecified atom stereocenters. The van der Waals surface area contributed by atoms with Gasteiger partial charge in [0.2, 0.25) is 11.7 Å². The van der Waals surface area contributed by atoms with Gasteiger partial charge in [-0.3, -0.25) is 0 Å². The number of aromatic nitrogens is 4. The maximum Gasteiger partial charge on any atom is 0.285 e. The lowest BCUT2D eigenvalue weighted by Crippen LogP contribution is -1.85. The summed E-state index contributed by atoms with van der Waals surface area (Å²) in [6, 6.07) is 1.73. The molecule has 2 aromatic heterocycles. The topological polar surface area (TPSA) is 64.7 Å². The molecule has 0 spiro atoms. The maximum atomic E-state index is 5.12. The first-order valence-corrected chi connectivity index (χ1v) is 3.44. The molecule has 0 saturated carbocycles. The standard InChI is InChI=1S/C7H6N4O/c1-5-10-11-7(12-5)6-8-3-2-4-9-6/h2-4H,1H3. The molecule has 2 aromatic rings. The first-order valence-electron chi connectivity index (χ1n) is 3.44. The molecule has 12 heavy (non-hydrogen) atoms. The van der Waals surface area contributed by atoms with Gasteiger partial charge in [-0.25, -0.2) is 9.97 Å². The molecule has 0 N–H and O–H groups in total. The Morgan fingerprint density at radius 3 is 2.50 bits per heavy atom. The van der Waals surface area contributed by atoms with Crippen LogP contribution in [0.25, 0.3) is 11.7 Å². The third kappa shape index (κ3) is 1.16. The van der Waals surface area contributed by atoms with Gasteiger partial charge in [0.25, 0.3) is 5.89 Å². The average molecular weight is 162 g/mol. The fourth-order valence-corrected chi connectivity index (χ4v) is 0.796. The highest BCUT2D eigenvalue weighted by Crippen LogP contribution is 2.09. The van der Waals surface area contributed by atoms with Crippen LogP contribution in [0.1, 0.15) is 5.89 Å². The lowest BCUT2D eigenvalue weighted by atomic mass is 10.5. The monoisotopic (exact) mass is 162 g/mol. The van der Waals surface area contributed by atoms with Crippen molar-refractivity contribution in [2.45, 2.75) is 6.92 Å². The fourth-order valence-electron chi connectivity index (χ4n) is 0.796. The van der Waals surface area contributed by atoms with Gasteiger partial charge in [0.05, 0.1) is 0 Å². The lowest BCUT2D eigenvalue weighted by molar-refractivity contribution is 0.528. The van der Waals surface area contributed by atoms with Crippen LogP contribution < -0.4 is 0 Å². The van der Waals surface area contributed by atoms with Crippen LogP contribution in [-0.2, 0) is 0 Å². The van der Waals surface area contributed by atoms with Crippen molar-refractivity contribution in [1.82, 2.24) is 20.2 Å². The molecule has 0 aliphatic rings. The van der Waals surface area contributed by atoms with E-state index in [-0.39, 0.29) is 0 Å². The van der Waals surface area contributed by atoms with Gasteiger partial charge >= 0.3 is 0 Å². The zero-order valence-electron chi connectivity index (χ0n) is 6.43. The maximum absolute atomic E-state index is 5.12. The van der Waals surface area contributed by atoms with E-state index in [2.05, 4.69) is 20.2 Å². The molecule has 0 radical (unpaired) electrons. The second kappa shape index (κ2) is 2.69. The van der Waals surface area contributed by atoms with Crippen LogP contribution in [0.3, 0.4) is 0 Å². The summed E-state index contributed by atoms with van der Waals surface area (Å²) in [5.41, 5.74) is 0. The van der Waals surface area contributed by atoms with E-state index in [9.17, 15) is 0 Å². The molecule has 2 rings (SSSR count). The Morgan fingerprint density at radius 2 is 1.92 bits per heavy atom. The van der Waals surface area contributed by atoms with Crippen molar-refractivity contribution in [2.75, 3.05) is 0 Å². The van der Waals surface area contributed by atoms with Crippen molar-refractivity contribution in [3.63, 3.8) is 0 Å². The van der Waals surface area contributed by atoms with Crippen LogP contribution in [0.5, 0.6) is 0 Å². The van der Waals surface area contributed by atoms with E-state index in [0.717, 1.165) is 0 Å². The van der Waals surface area contributed by atoms with E-state index in [1.807, 2.05) is 0 Å². The van der Waals surface area contributed by atoms with E-state index in [0.29, 0.717) is 17.6 Å². The zero-order valence-corrected chi connectivity index (χ0v) is 6.43. The van der Waals surface area contributed by atoms with Crippen molar-refractivity contribution in [1.29, 1.82) is 0 Å². The molecule has 0 aliphatic carbocycles. The highest BCUT2D eigenvalue weighted by molar-refractivity contribution is 5.37. The highest BCUT2D eigenvalue weighted by Gasteiger charge is 2.06. The Kier molecular flexibility index (Phi) is 1.55. The van der Waals surface area contributed by atoms with E-state index in [1.54, 1.807) is 25.4 Å². The molecule has 60 valence electrons. The molecule has 0 aromatic carbocycles. The second-order valence-corrected chi connectivity index (χ2v) is 2.20. The van der Waals surface area contributed by atoms with Crippen molar-refractivity contribution >= 4 is 0 Å². The number of hydrogen-bond donors (Lipinski definition) is 0. The Bertz CT molecular complexity index is 370. The molecule has 0 bridgehead atoms. The van der Waals surface area contributed by atoms with Crippen molar-refractivity contribution in [2.24, 2.45) is 0 Å². The van der Waals surface area contributed by atoms with Crippen LogP contribution in [0, 0.1) is 6.92 Å². The summed E-state index contributed by atoms with van der Waals surface area (Å²) < 4.78 is 5.12. The van der Waals surface area contributed by atoms with Crippen LogP contribution in [-0.4, -0.2) is 20.2 Å². The number of hydrogen-bond acceptors (Lipinski definition) is 5. The van der Waals surface area contributed by atoms with Gasteiger partial charge in [-0.1, -0.05) is 0 Å². The summed E-state index contributed by atoms with van der Waals surface area (Å²) in [5.74, 6) is 1.32. The minimum absolute atomic E-state index is 0.355. The quantitative estimate of drug-likeness (QED) is 0.621. The summed E-state index contributed by atoms with van der Waals surface area (Å²) in [6.07, 6.45) is 3.25. The molecular formula is C7H6N4O. The molecule has 2 heterocycles. The Morgan fingerprint density at radius 1 is 1.17 bits per heavy atom. The number of nitrogens with zero attached hydrogens (tertiary/aromatic N) is 4. The average Bonchev–Trinajstić information content (AvgIpc) is 2.54. The molecule has 0 amide bonds. The van der Waals surface area contributed by atoms with Crippen molar-refractivity contribution in [3.8, 4) is 11.7 Å². The van der Waals surface area contributed by atoms with Crippen molar-refractivity contribution < 1.29 is 4.42 Å². The van der Waals surface area contributed by atoms with Crippen LogP contribution in [0.2, 0.25) is 0 Å². The van der Waals surface area contributed by atoms with Crippen LogP contribution >= 0.6 is 0 Å². The summed E-state index contributed by atoms with van der Waals surface area (Å²) >= 11 is 0. The minimum atomic E-state index is 0.355. The summed E-state index contributed by atoms with van der Waals surface area (Å²) in [5, 5.41) is 7.44. The SMILES string of the molecule is Cc1nnc(-c2ncccn2)o1. The predicted octanol–water partition coefficient (Wildman–Crippen LogP) is 0.835. The van der Waals surface area contributed by atoms with E-state index >= 15 is 0 Å². The molecule has 0 fully saturated rings. The number of aryl methyl sites for hydroxylation is 1. The molecule has 5 heteroatoms. The number of rotatable bonds is 1. The first kappa shape index (κ1) is 6.90. The molecule has 5 nitrogen and oxygen atoms in total. The lowest BCUT2D eigenvalue weighted by Gasteiger charge is -1.88. The molecule has 0 atom stereocenters. The Labute approximate surface area is 68.5 Å². The Hall–Kier alpha value is -1.78. The van der Waals surface area contributed by atoms with E-state index in [4.69, 9.17) is 4.42 Å². The van der Waals surface area contributed by atoms with Gasteiger partial charge in [0, 0.05) is 19.3 Å². The fraction of sp³-hybridized carbons (Fsp3) is 0.143. The van der Waals surface area contributed by atoms with Crippen LogP contribution in [0.4, 0.5) is 0 Å². The normalized spacial score (nSPS) is 10.1. The third-order valence-electron chi connectivity index (χ3n) is 1.28. The summed E-state index contributed by atoms with van der Waals surface area (Å²) in [6.45, 7) is 1.72. The highest BCUT2D eigenvalue weighted by atomic mass is 16.4. The van der Waals surface area contributed by atoms with Gasteiger partial charge in [-0.05, 0) is 6.07 Å². The largest absolute Gasteiger partial charge is 0.418 e. The van der Waals surface area contributed by atoms with E-state index < -0.39 is 0 Å². The summed E-state index contributed by atoms with van der Waals surface area (Å²) in [4.78, 5) is 7.91.